The van der Waals surface area contributed by atoms with E-state index in [0.29, 0.717) is 12.0 Å². The number of fused-ring (bicyclic) bond motifs is 1. The summed E-state index contributed by atoms with van der Waals surface area (Å²) in [6.45, 7) is 9.13. The summed E-state index contributed by atoms with van der Waals surface area (Å²) in [4.78, 5) is 0. The molecule has 0 spiro atoms. The van der Waals surface area contributed by atoms with Crippen molar-refractivity contribution >= 4 is 5.71 Å². The van der Waals surface area contributed by atoms with E-state index < -0.39 is 0 Å². The third kappa shape index (κ3) is 2.79. The summed E-state index contributed by atoms with van der Waals surface area (Å²) in [6, 6.07) is 4.93. The third-order valence-electron chi connectivity index (χ3n) is 5.33. The van der Waals surface area contributed by atoms with E-state index in [2.05, 4.69) is 42.6 Å². The first-order chi connectivity index (χ1) is 11.1. The van der Waals surface area contributed by atoms with Gasteiger partial charge < -0.3 is 9.47 Å². The van der Waals surface area contributed by atoms with Crippen molar-refractivity contribution in [3.05, 3.63) is 23.3 Å². The largest absolute Gasteiger partial charge is 0.493 e. The van der Waals surface area contributed by atoms with Crippen LogP contribution in [0.15, 0.2) is 12.1 Å². The van der Waals surface area contributed by atoms with E-state index in [1.807, 2.05) is 0 Å². The highest BCUT2D eigenvalue weighted by atomic mass is 16.5. The van der Waals surface area contributed by atoms with Crippen LogP contribution in [0.1, 0.15) is 44.7 Å². The number of hydrazone groups is 1. The molecule has 0 aliphatic carbocycles. The van der Waals surface area contributed by atoms with E-state index in [-0.39, 0.29) is 0 Å². The van der Waals surface area contributed by atoms with E-state index in [1.54, 1.807) is 14.2 Å². The molecule has 4 nitrogen and oxygen atoms in total. The van der Waals surface area contributed by atoms with E-state index >= 15 is 0 Å². The number of nitrogens with zero attached hydrogens (tertiary/aromatic N) is 2. The van der Waals surface area contributed by atoms with Gasteiger partial charge in [-0.15, -0.1) is 4.68 Å². The van der Waals surface area contributed by atoms with Crippen molar-refractivity contribution in [1.82, 2.24) is 5.01 Å². The second kappa shape index (κ2) is 6.42. The van der Waals surface area contributed by atoms with Gasteiger partial charge in [0.1, 0.15) is 0 Å². The van der Waals surface area contributed by atoms with Gasteiger partial charge >= 0.3 is 0 Å². The monoisotopic (exact) mass is 317 g/mol. The summed E-state index contributed by atoms with van der Waals surface area (Å²) in [5.74, 6) is 2.33. The lowest BCUT2D eigenvalue weighted by molar-refractivity contribution is -0.696. The zero-order chi connectivity index (χ0) is 16.6. The Balaban J connectivity index is 2.02. The number of rotatable bonds is 4. The molecule has 0 N–H and O–H groups in total. The minimum Gasteiger partial charge on any atom is -0.493 e. The van der Waals surface area contributed by atoms with E-state index in [4.69, 9.17) is 9.47 Å². The molecule has 2 heterocycles. The second-order valence-corrected chi connectivity index (χ2v) is 6.94. The molecule has 2 aliphatic heterocycles. The Kier molecular flexibility index (Phi) is 4.51. The molecule has 0 radical (unpaired) electrons. The maximum Gasteiger partial charge on any atom is 0.210 e. The Morgan fingerprint density at radius 1 is 1.17 bits per heavy atom. The number of hydrogen-bond donors (Lipinski definition) is 0. The molecule has 3 rings (SSSR count). The van der Waals surface area contributed by atoms with Gasteiger partial charge in [0.05, 0.1) is 32.4 Å². The minimum atomic E-state index is 0.659. The third-order valence-corrected chi connectivity index (χ3v) is 5.33. The van der Waals surface area contributed by atoms with Crippen molar-refractivity contribution in [2.24, 2.45) is 5.92 Å². The molecule has 2 aliphatic rings. The minimum absolute atomic E-state index is 0.659. The standard InChI is InChI=1S/C19H29N2O2/c1-13(2)17-7-6-9-21(17)20-10-8-15-11-18(22-4)19(23-5)12-16(15)14(20)3/h11-13,17H,6-10H2,1-5H3/q+1/t17-/m0/s1. The molecule has 1 saturated heterocycles. The fourth-order valence-corrected chi connectivity index (χ4v) is 4.07. The number of methoxy groups -OCH3 is 2. The zero-order valence-corrected chi connectivity index (χ0v) is 15.1. The Bertz CT molecular complexity index is 622. The lowest BCUT2D eigenvalue weighted by Gasteiger charge is -2.29. The molecule has 1 aromatic rings. The maximum atomic E-state index is 5.50. The normalized spacial score (nSPS) is 21.0. The lowest BCUT2D eigenvalue weighted by Crippen LogP contribution is -2.46. The number of ether oxygens (including phenoxy) is 2. The highest BCUT2D eigenvalue weighted by Gasteiger charge is 2.37. The van der Waals surface area contributed by atoms with Crippen molar-refractivity contribution in [3.8, 4) is 11.5 Å². The average Bonchev–Trinajstić information content (AvgIpc) is 3.03. The van der Waals surface area contributed by atoms with Gasteiger partial charge in [0.2, 0.25) is 5.71 Å². The number of hydrogen-bond acceptors (Lipinski definition) is 3. The molecule has 126 valence electrons. The van der Waals surface area contributed by atoms with Gasteiger partial charge in [-0.25, -0.2) is 0 Å². The van der Waals surface area contributed by atoms with Crippen molar-refractivity contribution in [2.45, 2.75) is 46.1 Å². The molecule has 0 unspecified atom stereocenters. The molecule has 1 fully saturated rings. The van der Waals surface area contributed by atoms with Crippen LogP contribution in [0.25, 0.3) is 0 Å². The van der Waals surface area contributed by atoms with E-state index in [0.717, 1.165) is 24.5 Å². The smallest absolute Gasteiger partial charge is 0.210 e. The average molecular weight is 317 g/mol. The van der Waals surface area contributed by atoms with Gasteiger partial charge in [-0.3, -0.25) is 0 Å². The summed E-state index contributed by atoms with van der Waals surface area (Å²) in [5.41, 5.74) is 3.99. The highest BCUT2D eigenvalue weighted by Crippen LogP contribution is 2.33. The van der Waals surface area contributed by atoms with Gasteiger partial charge in [-0.05, 0) is 36.5 Å². The highest BCUT2D eigenvalue weighted by molar-refractivity contribution is 5.97. The van der Waals surface area contributed by atoms with Gasteiger partial charge in [0.15, 0.2) is 18.0 Å². The SMILES string of the molecule is COc1cc2c(cc1OC)C(C)=[N+](N1CCC[C@H]1C(C)C)CC2. The second-order valence-electron chi connectivity index (χ2n) is 6.94. The summed E-state index contributed by atoms with van der Waals surface area (Å²) in [7, 11) is 3.41. The molecule has 1 atom stereocenters. The molecular formula is C19H29N2O2+. The molecule has 4 heteroatoms. The van der Waals surface area contributed by atoms with Crippen LogP contribution in [0.5, 0.6) is 11.5 Å². The van der Waals surface area contributed by atoms with Crippen molar-refractivity contribution in [3.63, 3.8) is 0 Å². The quantitative estimate of drug-likeness (QED) is 0.798. The summed E-state index contributed by atoms with van der Waals surface area (Å²) in [5, 5.41) is 2.60. The molecule has 0 saturated carbocycles. The Hall–Kier alpha value is -1.71. The molecule has 0 amide bonds. The van der Waals surface area contributed by atoms with Crippen LogP contribution in [0.2, 0.25) is 0 Å². The summed E-state index contributed by atoms with van der Waals surface area (Å²) >= 11 is 0. The number of benzene rings is 1. The van der Waals surface area contributed by atoms with Crippen LogP contribution in [-0.4, -0.2) is 48.8 Å². The van der Waals surface area contributed by atoms with Gasteiger partial charge in [-0.1, -0.05) is 13.8 Å². The van der Waals surface area contributed by atoms with Crippen LogP contribution in [0, 0.1) is 5.92 Å². The molecular weight excluding hydrogens is 288 g/mol. The Morgan fingerprint density at radius 3 is 2.52 bits per heavy atom. The molecule has 23 heavy (non-hydrogen) atoms. The fourth-order valence-electron chi connectivity index (χ4n) is 4.07. The lowest BCUT2D eigenvalue weighted by atomic mass is 9.97. The molecule has 0 bridgehead atoms. The first-order valence-electron chi connectivity index (χ1n) is 8.69. The van der Waals surface area contributed by atoms with Crippen molar-refractivity contribution in [2.75, 3.05) is 27.3 Å². The van der Waals surface area contributed by atoms with Crippen LogP contribution < -0.4 is 9.47 Å². The Morgan fingerprint density at radius 2 is 1.87 bits per heavy atom. The predicted octanol–water partition coefficient (Wildman–Crippen LogP) is 3.12. The van der Waals surface area contributed by atoms with E-state index in [1.165, 1.54) is 36.2 Å². The van der Waals surface area contributed by atoms with Gasteiger partial charge in [0, 0.05) is 13.3 Å². The first-order valence-corrected chi connectivity index (χ1v) is 8.69. The summed E-state index contributed by atoms with van der Waals surface area (Å²) < 4.78 is 13.5. The molecule has 0 aromatic heterocycles. The topological polar surface area (TPSA) is 24.7 Å². The molecule has 1 aromatic carbocycles. The Labute approximate surface area is 139 Å². The van der Waals surface area contributed by atoms with Crippen LogP contribution in [-0.2, 0) is 6.42 Å². The maximum absolute atomic E-state index is 5.50. The van der Waals surface area contributed by atoms with Crippen LogP contribution >= 0.6 is 0 Å². The van der Waals surface area contributed by atoms with Crippen LogP contribution in [0.3, 0.4) is 0 Å². The van der Waals surface area contributed by atoms with Gasteiger partial charge in [-0.2, -0.15) is 5.01 Å². The zero-order valence-electron chi connectivity index (χ0n) is 15.1. The number of hydrazine groups is 1. The van der Waals surface area contributed by atoms with Gasteiger partial charge in [0.25, 0.3) is 0 Å². The summed E-state index contributed by atoms with van der Waals surface area (Å²) in [6.07, 6.45) is 3.65. The predicted molar refractivity (Wildman–Crippen MR) is 92.7 cm³/mol. The fraction of sp³-hybridized carbons (Fsp3) is 0.632. The first kappa shape index (κ1) is 16.2. The van der Waals surface area contributed by atoms with Crippen molar-refractivity contribution < 1.29 is 14.2 Å². The van der Waals surface area contributed by atoms with Crippen LogP contribution in [0.4, 0.5) is 0 Å². The van der Waals surface area contributed by atoms with E-state index in [9.17, 15) is 0 Å². The van der Waals surface area contributed by atoms with Crippen molar-refractivity contribution in [1.29, 1.82) is 0 Å².